The van der Waals surface area contributed by atoms with E-state index in [0.717, 1.165) is 11.3 Å². The van der Waals surface area contributed by atoms with Crippen molar-refractivity contribution >= 4 is 23.2 Å². The zero-order valence-corrected chi connectivity index (χ0v) is 12.3. The van der Waals surface area contributed by atoms with Gasteiger partial charge in [0.15, 0.2) is 0 Å². The molecule has 22 heavy (non-hydrogen) atoms. The number of carbonyl (C=O) groups is 2. The number of amides is 2. The Balaban J connectivity index is 1.70. The largest absolute Gasteiger partial charge is 0.326 e. The molecule has 5 nitrogen and oxygen atoms in total. The minimum absolute atomic E-state index is 0.0134. The van der Waals surface area contributed by atoms with Crippen LogP contribution in [0.5, 0.6) is 0 Å². The monoisotopic (exact) mass is 295 g/mol. The Kier molecular flexibility index (Phi) is 3.87. The molecule has 0 saturated carbocycles. The molecular formula is C17H17N3O2. The van der Waals surface area contributed by atoms with E-state index in [4.69, 9.17) is 0 Å². The van der Waals surface area contributed by atoms with Crippen molar-refractivity contribution in [1.82, 2.24) is 4.98 Å². The van der Waals surface area contributed by atoms with E-state index < -0.39 is 0 Å². The zero-order chi connectivity index (χ0) is 15.5. The molecule has 1 aromatic carbocycles. The summed E-state index contributed by atoms with van der Waals surface area (Å²) in [4.78, 5) is 30.1. The van der Waals surface area contributed by atoms with Gasteiger partial charge in [0, 0.05) is 36.7 Å². The van der Waals surface area contributed by atoms with Gasteiger partial charge in [-0.15, -0.1) is 0 Å². The van der Waals surface area contributed by atoms with Crippen molar-refractivity contribution in [3.8, 4) is 0 Å². The molecule has 2 amide bonds. The number of pyridine rings is 1. The number of carbonyl (C=O) groups excluding carboxylic acids is 2. The van der Waals surface area contributed by atoms with Gasteiger partial charge in [-0.2, -0.15) is 0 Å². The van der Waals surface area contributed by atoms with Gasteiger partial charge in [0.25, 0.3) is 0 Å². The quantitative estimate of drug-likeness (QED) is 0.945. The van der Waals surface area contributed by atoms with Crippen LogP contribution in [0.2, 0.25) is 0 Å². The molecule has 0 aliphatic carbocycles. The summed E-state index contributed by atoms with van der Waals surface area (Å²) in [5.74, 6) is -0.476. The second-order valence-corrected chi connectivity index (χ2v) is 5.47. The maximum atomic E-state index is 12.3. The molecule has 1 aromatic heterocycles. The summed E-state index contributed by atoms with van der Waals surface area (Å²) >= 11 is 0. The van der Waals surface area contributed by atoms with Crippen LogP contribution >= 0.6 is 0 Å². The summed E-state index contributed by atoms with van der Waals surface area (Å²) in [6.07, 6.45) is 3.48. The van der Waals surface area contributed by atoms with E-state index in [1.165, 1.54) is 0 Å². The summed E-state index contributed by atoms with van der Waals surface area (Å²) in [7, 11) is 0. The zero-order valence-electron chi connectivity index (χ0n) is 12.3. The van der Waals surface area contributed by atoms with Crippen LogP contribution in [0.1, 0.15) is 12.0 Å². The first-order valence-corrected chi connectivity index (χ1v) is 7.21. The minimum Gasteiger partial charge on any atom is -0.326 e. The molecule has 0 spiro atoms. The average Bonchev–Trinajstić information content (AvgIpc) is 2.90. The fraction of sp³-hybridized carbons (Fsp3) is 0.235. The Morgan fingerprint density at radius 2 is 2.05 bits per heavy atom. The number of nitrogens with one attached hydrogen (secondary N) is 1. The topological polar surface area (TPSA) is 62.3 Å². The first-order chi connectivity index (χ1) is 10.6. The first kappa shape index (κ1) is 14.3. The summed E-state index contributed by atoms with van der Waals surface area (Å²) in [5, 5.41) is 2.83. The predicted octanol–water partition coefficient (Wildman–Crippen LogP) is 2.38. The third kappa shape index (κ3) is 2.98. The van der Waals surface area contributed by atoms with E-state index in [0.29, 0.717) is 12.2 Å². The Hall–Kier alpha value is -2.69. The third-order valence-electron chi connectivity index (χ3n) is 3.76. The standard InChI is InChI=1S/C17H17N3O2/c1-12-3-2-4-15(9-12)20-11-13(10-16(20)21)17(22)19-14-5-7-18-8-6-14/h2-9,13H,10-11H2,1H3,(H,18,19,22). The first-order valence-electron chi connectivity index (χ1n) is 7.21. The van der Waals surface area contributed by atoms with Gasteiger partial charge in [0.05, 0.1) is 5.92 Å². The molecule has 0 radical (unpaired) electrons. The van der Waals surface area contributed by atoms with Crippen LogP contribution in [0.4, 0.5) is 11.4 Å². The number of hydrogen-bond donors (Lipinski definition) is 1. The second-order valence-electron chi connectivity index (χ2n) is 5.47. The van der Waals surface area contributed by atoms with Crippen LogP contribution in [0.3, 0.4) is 0 Å². The average molecular weight is 295 g/mol. The lowest BCUT2D eigenvalue weighted by molar-refractivity contribution is -0.122. The van der Waals surface area contributed by atoms with Gasteiger partial charge in [-0.1, -0.05) is 12.1 Å². The van der Waals surface area contributed by atoms with Gasteiger partial charge >= 0.3 is 0 Å². The minimum atomic E-state index is -0.332. The highest BCUT2D eigenvalue weighted by Gasteiger charge is 2.35. The van der Waals surface area contributed by atoms with Crippen LogP contribution in [0.25, 0.3) is 0 Å². The number of benzene rings is 1. The molecule has 1 atom stereocenters. The van der Waals surface area contributed by atoms with Crippen molar-refractivity contribution in [2.24, 2.45) is 5.92 Å². The highest BCUT2D eigenvalue weighted by Crippen LogP contribution is 2.26. The molecule has 5 heteroatoms. The van der Waals surface area contributed by atoms with Gasteiger partial charge in [-0.05, 0) is 36.8 Å². The Bertz CT molecular complexity index is 700. The van der Waals surface area contributed by atoms with Crippen LogP contribution in [0.15, 0.2) is 48.8 Å². The summed E-state index contributed by atoms with van der Waals surface area (Å²) < 4.78 is 0. The summed E-state index contributed by atoms with van der Waals surface area (Å²) in [6.45, 7) is 2.40. The van der Waals surface area contributed by atoms with Crippen LogP contribution < -0.4 is 10.2 Å². The highest BCUT2D eigenvalue weighted by atomic mass is 16.2. The molecule has 1 aliphatic rings. The van der Waals surface area contributed by atoms with E-state index in [2.05, 4.69) is 10.3 Å². The van der Waals surface area contributed by atoms with Crippen LogP contribution in [-0.4, -0.2) is 23.3 Å². The normalized spacial score (nSPS) is 17.6. The third-order valence-corrected chi connectivity index (χ3v) is 3.76. The Morgan fingerprint density at radius 1 is 1.27 bits per heavy atom. The molecule has 1 aliphatic heterocycles. The number of nitrogens with zero attached hydrogens (tertiary/aromatic N) is 2. The van der Waals surface area contributed by atoms with Crippen molar-refractivity contribution < 1.29 is 9.59 Å². The number of anilines is 2. The fourth-order valence-electron chi connectivity index (χ4n) is 2.61. The van der Waals surface area contributed by atoms with Crippen molar-refractivity contribution in [2.45, 2.75) is 13.3 Å². The van der Waals surface area contributed by atoms with Gasteiger partial charge in [-0.3, -0.25) is 14.6 Å². The predicted molar refractivity (Wildman–Crippen MR) is 84.5 cm³/mol. The number of aromatic nitrogens is 1. The van der Waals surface area contributed by atoms with Crippen molar-refractivity contribution in [2.75, 3.05) is 16.8 Å². The number of aryl methyl sites for hydroxylation is 1. The van der Waals surface area contributed by atoms with Gasteiger partial charge in [0.1, 0.15) is 0 Å². The van der Waals surface area contributed by atoms with E-state index in [1.54, 1.807) is 29.4 Å². The molecule has 1 unspecified atom stereocenters. The fourth-order valence-corrected chi connectivity index (χ4v) is 2.61. The van der Waals surface area contributed by atoms with E-state index in [1.807, 2.05) is 31.2 Å². The summed E-state index contributed by atoms with van der Waals surface area (Å²) in [5.41, 5.74) is 2.64. The Morgan fingerprint density at radius 3 is 2.77 bits per heavy atom. The lowest BCUT2D eigenvalue weighted by atomic mass is 10.1. The maximum Gasteiger partial charge on any atom is 0.229 e. The van der Waals surface area contributed by atoms with Crippen molar-refractivity contribution in [3.63, 3.8) is 0 Å². The molecule has 112 valence electrons. The van der Waals surface area contributed by atoms with Gasteiger partial charge in [-0.25, -0.2) is 0 Å². The SMILES string of the molecule is Cc1cccc(N2CC(C(=O)Nc3ccncc3)CC2=O)c1. The lowest BCUT2D eigenvalue weighted by Crippen LogP contribution is -2.28. The van der Waals surface area contributed by atoms with Crippen LogP contribution in [-0.2, 0) is 9.59 Å². The van der Waals surface area contributed by atoms with E-state index in [-0.39, 0.29) is 24.2 Å². The van der Waals surface area contributed by atoms with E-state index >= 15 is 0 Å². The molecule has 2 aromatic rings. The van der Waals surface area contributed by atoms with Crippen molar-refractivity contribution in [3.05, 3.63) is 54.4 Å². The second kappa shape index (κ2) is 5.97. The Labute approximate surface area is 129 Å². The maximum absolute atomic E-state index is 12.3. The molecule has 1 saturated heterocycles. The molecule has 3 rings (SSSR count). The molecular weight excluding hydrogens is 278 g/mol. The highest BCUT2D eigenvalue weighted by molar-refractivity contribution is 6.03. The van der Waals surface area contributed by atoms with Gasteiger partial charge in [0.2, 0.25) is 11.8 Å². The van der Waals surface area contributed by atoms with Crippen LogP contribution in [0, 0.1) is 12.8 Å². The number of rotatable bonds is 3. The van der Waals surface area contributed by atoms with Gasteiger partial charge < -0.3 is 10.2 Å². The molecule has 0 bridgehead atoms. The molecule has 2 heterocycles. The molecule has 1 N–H and O–H groups in total. The smallest absolute Gasteiger partial charge is 0.229 e. The molecule has 1 fully saturated rings. The number of hydrogen-bond acceptors (Lipinski definition) is 3. The summed E-state index contributed by atoms with van der Waals surface area (Å²) in [6, 6.07) is 11.2. The van der Waals surface area contributed by atoms with Crippen molar-refractivity contribution in [1.29, 1.82) is 0 Å². The lowest BCUT2D eigenvalue weighted by Gasteiger charge is -2.17. The van der Waals surface area contributed by atoms with E-state index in [9.17, 15) is 9.59 Å².